The van der Waals surface area contributed by atoms with E-state index >= 15 is 0 Å². The molecule has 1 aromatic heterocycles. The van der Waals surface area contributed by atoms with Gasteiger partial charge in [-0.2, -0.15) is 0 Å². The van der Waals surface area contributed by atoms with Gasteiger partial charge in [0.15, 0.2) is 0 Å². The molecule has 3 rings (SSSR count). The van der Waals surface area contributed by atoms with E-state index in [4.69, 9.17) is 4.98 Å². The van der Waals surface area contributed by atoms with Crippen LogP contribution in [0.15, 0.2) is 36.4 Å². The molecule has 0 aliphatic heterocycles. The second-order valence-electron chi connectivity index (χ2n) is 5.45. The molecule has 0 bridgehead atoms. The largest absolute Gasteiger partial charge is 0.338 e. The van der Waals surface area contributed by atoms with Crippen molar-refractivity contribution in [3.8, 4) is 11.4 Å². The van der Waals surface area contributed by atoms with Gasteiger partial charge in [-0.3, -0.25) is 0 Å². The number of hydrogen-bond acceptors (Lipinski definition) is 1. The standard InChI is InChI=1S/C19H22N2/c1-4-13-11-14(5-2)18(15(6-3)12-13)19-20-16-9-7-8-10-17(16)21-19/h7-12H,4-6H2,1-3H3,(H,20,21). The quantitative estimate of drug-likeness (QED) is 0.721. The Labute approximate surface area is 126 Å². The topological polar surface area (TPSA) is 28.7 Å². The van der Waals surface area contributed by atoms with Crippen LogP contribution in [0.2, 0.25) is 0 Å². The third-order valence-corrected chi connectivity index (χ3v) is 4.16. The van der Waals surface area contributed by atoms with E-state index in [1.807, 2.05) is 12.1 Å². The summed E-state index contributed by atoms with van der Waals surface area (Å²) >= 11 is 0. The number of aromatic amines is 1. The fourth-order valence-electron chi connectivity index (χ4n) is 2.98. The van der Waals surface area contributed by atoms with Gasteiger partial charge in [0.2, 0.25) is 0 Å². The predicted octanol–water partition coefficient (Wildman–Crippen LogP) is 4.92. The summed E-state index contributed by atoms with van der Waals surface area (Å²) in [5.74, 6) is 1.01. The highest BCUT2D eigenvalue weighted by Crippen LogP contribution is 2.30. The van der Waals surface area contributed by atoms with Crippen LogP contribution in [0.4, 0.5) is 0 Å². The van der Waals surface area contributed by atoms with Crippen LogP contribution in [0.5, 0.6) is 0 Å². The van der Waals surface area contributed by atoms with E-state index in [1.54, 1.807) is 0 Å². The van der Waals surface area contributed by atoms with Gasteiger partial charge in [0.1, 0.15) is 5.82 Å². The van der Waals surface area contributed by atoms with Crippen molar-refractivity contribution in [3.63, 3.8) is 0 Å². The SMILES string of the molecule is CCc1cc(CC)c(-c2nc3ccccc3[nH]2)c(CC)c1. The molecule has 21 heavy (non-hydrogen) atoms. The highest BCUT2D eigenvalue weighted by Gasteiger charge is 2.14. The zero-order valence-corrected chi connectivity index (χ0v) is 13.0. The average Bonchev–Trinajstić information content (AvgIpc) is 2.96. The van der Waals surface area contributed by atoms with Crippen molar-refractivity contribution in [1.29, 1.82) is 0 Å². The fourth-order valence-corrected chi connectivity index (χ4v) is 2.98. The number of rotatable bonds is 4. The minimum absolute atomic E-state index is 1.01. The van der Waals surface area contributed by atoms with Crippen molar-refractivity contribution in [2.45, 2.75) is 40.0 Å². The molecule has 0 aliphatic carbocycles. The van der Waals surface area contributed by atoms with Crippen LogP contribution in [0.3, 0.4) is 0 Å². The Morgan fingerprint density at radius 1 is 0.905 bits per heavy atom. The van der Waals surface area contributed by atoms with Crippen LogP contribution < -0.4 is 0 Å². The van der Waals surface area contributed by atoms with E-state index in [0.29, 0.717) is 0 Å². The fraction of sp³-hybridized carbons (Fsp3) is 0.316. The van der Waals surface area contributed by atoms with Gasteiger partial charge >= 0.3 is 0 Å². The molecule has 2 nitrogen and oxygen atoms in total. The van der Waals surface area contributed by atoms with Crippen molar-refractivity contribution in [1.82, 2.24) is 9.97 Å². The Morgan fingerprint density at radius 3 is 2.14 bits per heavy atom. The number of nitrogens with zero attached hydrogens (tertiary/aromatic N) is 1. The van der Waals surface area contributed by atoms with Gasteiger partial charge in [0, 0.05) is 5.56 Å². The number of hydrogen-bond donors (Lipinski definition) is 1. The molecule has 0 saturated heterocycles. The molecule has 0 amide bonds. The normalized spacial score (nSPS) is 11.2. The number of aromatic nitrogens is 2. The lowest BCUT2D eigenvalue weighted by Crippen LogP contribution is -1.98. The lowest BCUT2D eigenvalue weighted by Gasteiger charge is -2.13. The summed E-state index contributed by atoms with van der Waals surface area (Å²) in [6.45, 7) is 6.66. The lowest BCUT2D eigenvalue weighted by atomic mass is 9.93. The summed E-state index contributed by atoms with van der Waals surface area (Å²) in [4.78, 5) is 8.29. The minimum Gasteiger partial charge on any atom is -0.338 e. The van der Waals surface area contributed by atoms with Crippen LogP contribution >= 0.6 is 0 Å². The van der Waals surface area contributed by atoms with Crippen LogP contribution in [-0.4, -0.2) is 9.97 Å². The maximum atomic E-state index is 4.80. The Morgan fingerprint density at radius 2 is 1.57 bits per heavy atom. The maximum absolute atomic E-state index is 4.80. The highest BCUT2D eigenvalue weighted by molar-refractivity contribution is 5.81. The zero-order valence-electron chi connectivity index (χ0n) is 13.0. The average molecular weight is 278 g/mol. The van der Waals surface area contributed by atoms with Crippen LogP contribution in [-0.2, 0) is 19.3 Å². The molecule has 0 fully saturated rings. The van der Waals surface area contributed by atoms with Crippen LogP contribution in [0.25, 0.3) is 22.4 Å². The Bertz CT molecular complexity index is 710. The summed E-state index contributed by atoms with van der Waals surface area (Å²) in [5, 5.41) is 0. The zero-order chi connectivity index (χ0) is 14.8. The number of aryl methyl sites for hydroxylation is 3. The van der Waals surface area contributed by atoms with E-state index in [2.05, 4.69) is 50.0 Å². The molecule has 1 heterocycles. The van der Waals surface area contributed by atoms with Crippen molar-refractivity contribution < 1.29 is 0 Å². The van der Waals surface area contributed by atoms with Gasteiger partial charge in [0.25, 0.3) is 0 Å². The number of imidazole rings is 1. The molecule has 0 spiro atoms. The molecule has 0 atom stereocenters. The van der Waals surface area contributed by atoms with E-state index in [-0.39, 0.29) is 0 Å². The van der Waals surface area contributed by atoms with Gasteiger partial charge in [-0.1, -0.05) is 45.0 Å². The van der Waals surface area contributed by atoms with Crippen molar-refractivity contribution in [2.24, 2.45) is 0 Å². The monoisotopic (exact) mass is 278 g/mol. The first-order chi connectivity index (χ1) is 10.3. The summed E-state index contributed by atoms with van der Waals surface area (Å²) in [7, 11) is 0. The van der Waals surface area contributed by atoms with E-state index in [1.165, 1.54) is 22.3 Å². The molecule has 0 saturated carbocycles. The Hall–Kier alpha value is -2.09. The van der Waals surface area contributed by atoms with Crippen LogP contribution in [0.1, 0.15) is 37.5 Å². The van der Waals surface area contributed by atoms with Gasteiger partial charge in [-0.05, 0) is 48.1 Å². The lowest BCUT2D eigenvalue weighted by molar-refractivity contribution is 1.04. The second-order valence-corrected chi connectivity index (χ2v) is 5.45. The summed E-state index contributed by atoms with van der Waals surface area (Å²) in [5.41, 5.74) is 7.65. The van der Waals surface area contributed by atoms with E-state index in [0.717, 1.165) is 36.1 Å². The van der Waals surface area contributed by atoms with Gasteiger partial charge < -0.3 is 4.98 Å². The molecule has 0 aliphatic rings. The van der Waals surface area contributed by atoms with Gasteiger partial charge in [-0.15, -0.1) is 0 Å². The second kappa shape index (κ2) is 5.72. The number of fused-ring (bicyclic) bond motifs is 1. The molecule has 3 aromatic rings. The third kappa shape index (κ3) is 2.46. The number of benzene rings is 2. The summed E-state index contributed by atoms with van der Waals surface area (Å²) < 4.78 is 0. The van der Waals surface area contributed by atoms with E-state index in [9.17, 15) is 0 Å². The van der Waals surface area contributed by atoms with E-state index < -0.39 is 0 Å². The smallest absolute Gasteiger partial charge is 0.139 e. The molecular weight excluding hydrogens is 256 g/mol. The Kier molecular flexibility index (Phi) is 3.78. The molecule has 2 heteroatoms. The molecule has 0 radical (unpaired) electrons. The maximum Gasteiger partial charge on any atom is 0.139 e. The minimum atomic E-state index is 1.01. The summed E-state index contributed by atoms with van der Waals surface area (Å²) in [6.07, 6.45) is 3.15. The first-order valence-corrected chi connectivity index (χ1v) is 7.86. The van der Waals surface area contributed by atoms with Crippen molar-refractivity contribution in [3.05, 3.63) is 53.1 Å². The van der Waals surface area contributed by atoms with Crippen molar-refractivity contribution in [2.75, 3.05) is 0 Å². The third-order valence-electron chi connectivity index (χ3n) is 4.16. The number of H-pyrrole nitrogens is 1. The first kappa shape index (κ1) is 13.9. The molecular formula is C19H22N2. The molecule has 1 N–H and O–H groups in total. The Balaban J connectivity index is 2.24. The molecule has 108 valence electrons. The molecule has 2 aromatic carbocycles. The van der Waals surface area contributed by atoms with Crippen molar-refractivity contribution >= 4 is 11.0 Å². The number of para-hydroxylation sites is 2. The highest BCUT2D eigenvalue weighted by atomic mass is 14.9. The van der Waals surface area contributed by atoms with Crippen LogP contribution in [0, 0.1) is 0 Å². The van der Waals surface area contributed by atoms with Gasteiger partial charge in [0.05, 0.1) is 11.0 Å². The predicted molar refractivity (Wildman–Crippen MR) is 89.7 cm³/mol. The molecule has 0 unspecified atom stereocenters. The summed E-state index contributed by atoms with van der Waals surface area (Å²) in [6, 6.07) is 12.9. The van der Waals surface area contributed by atoms with Gasteiger partial charge in [-0.25, -0.2) is 4.98 Å². The first-order valence-electron chi connectivity index (χ1n) is 7.86. The number of nitrogens with one attached hydrogen (secondary N) is 1.